The van der Waals surface area contributed by atoms with Crippen LogP contribution in [0.25, 0.3) is 115 Å². The molecule has 0 fully saturated rings. The van der Waals surface area contributed by atoms with E-state index in [1.54, 1.807) is 12.1 Å². The first-order valence-electron chi connectivity index (χ1n) is 21.0. The molecule has 0 saturated heterocycles. The van der Waals surface area contributed by atoms with Crippen molar-refractivity contribution in [3.63, 3.8) is 0 Å². The summed E-state index contributed by atoms with van der Waals surface area (Å²) in [5, 5.41) is 11.2. The molecule has 2 nitrogen and oxygen atoms in total. The second kappa shape index (κ2) is 14.3. The molecule has 10 aromatic carbocycles. The lowest BCUT2D eigenvalue weighted by atomic mass is 9.91. The first kappa shape index (κ1) is 36.8. The molecule has 5 heteroatoms. The average Bonchev–Trinajstić information content (AvgIpc) is 3.66. The van der Waals surface area contributed by atoms with Gasteiger partial charge < -0.3 is 4.57 Å². The number of rotatable bonds is 5. The predicted octanol–water partition coefficient (Wildman–Crippen LogP) is 16.5. The van der Waals surface area contributed by atoms with Crippen LogP contribution < -0.4 is 0 Å². The molecule has 298 valence electrons. The zero-order chi connectivity index (χ0) is 42.2. The van der Waals surface area contributed by atoms with Crippen LogP contribution in [0.2, 0.25) is 0 Å². The highest BCUT2D eigenvalue weighted by molar-refractivity contribution is 6.29. The lowest BCUT2D eigenvalue weighted by Gasteiger charge is -2.15. The van der Waals surface area contributed by atoms with Crippen molar-refractivity contribution in [1.29, 1.82) is 0 Å². The fraction of sp³-hybridized carbons (Fsp3) is 0.0172. The second-order valence-corrected chi connectivity index (χ2v) is 16.2. The molecule has 0 atom stereocenters. The minimum atomic E-state index is -4.40. The van der Waals surface area contributed by atoms with Crippen LogP contribution in [0.4, 0.5) is 13.2 Å². The summed E-state index contributed by atoms with van der Waals surface area (Å²) in [6, 6.07) is 71.8. The molecule has 0 aliphatic rings. The zero-order valence-corrected chi connectivity index (χ0v) is 33.7. The molecule has 0 aliphatic heterocycles. The van der Waals surface area contributed by atoms with Gasteiger partial charge in [0.2, 0.25) is 0 Å². The summed E-state index contributed by atoms with van der Waals surface area (Å²) in [4.78, 5) is 5.23. The van der Waals surface area contributed by atoms with Crippen LogP contribution in [0.5, 0.6) is 0 Å². The molecule has 2 heterocycles. The summed E-state index contributed by atoms with van der Waals surface area (Å²) in [7, 11) is 0. The van der Waals surface area contributed by atoms with Gasteiger partial charge in [-0.2, -0.15) is 13.2 Å². The SMILES string of the molecule is FC(F)(F)c1ccc(-c2ccc3c(c2)c2ccccc2c2cc4c5cc(-c6cccc7ccccc67)ccc5n(-c5cc(-c6ccccc6)nc(-c6ccccc6)c5)c4cc32)cc1. The topological polar surface area (TPSA) is 17.8 Å². The minimum Gasteiger partial charge on any atom is -0.309 e. The molecular formula is C58H35F3N2. The van der Waals surface area contributed by atoms with Crippen LogP contribution in [0, 0.1) is 0 Å². The third kappa shape index (κ3) is 6.15. The Morgan fingerprint density at radius 3 is 1.54 bits per heavy atom. The summed E-state index contributed by atoms with van der Waals surface area (Å²) in [6.07, 6.45) is -4.40. The highest BCUT2D eigenvalue weighted by atomic mass is 19.4. The Morgan fingerprint density at radius 1 is 0.333 bits per heavy atom. The van der Waals surface area contributed by atoms with Crippen LogP contribution in [0.3, 0.4) is 0 Å². The van der Waals surface area contributed by atoms with Crippen molar-refractivity contribution in [3.05, 3.63) is 218 Å². The van der Waals surface area contributed by atoms with Gasteiger partial charge in [-0.05, 0) is 120 Å². The number of nitrogens with zero attached hydrogens (tertiary/aromatic N) is 2. The van der Waals surface area contributed by atoms with Crippen molar-refractivity contribution >= 4 is 64.9 Å². The van der Waals surface area contributed by atoms with Crippen LogP contribution >= 0.6 is 0 Å². The van der Waals surface area contributed by atoms with Crippen LogP contribution in [0.1, 0.15) is 5.56 Å². The molecule has 0 unspecified atom stereocenters. The summed E-state index contributed by atoms with van der Waals surface area (Å²) >= 11 is 0. The van der Waals surface area contributed by atoms with Gasteiger partial charge in [0.25, 0.3) is 0 Å². The molecule has 0 N–H and O–H groups in total. The maximum atomic E-state index is 13.5. The zero-order valence-electron chi connectivity index (χ0n) is 33.7. The Balaban J connectivity index is 1.17. The van der Waals surface area contributed by atoms with Crippen molar-refractivity contribution in [2.24, 2.45) is 0 Å². The van der Waals surface area contributed by atoms with E-state index >= 15 is 0 Å². The predicted molar refractivity (Wildman–Crippen MR) is 255 cm³/mol. The average molecular weight is 817 g/mol. The molecular weight excluding hydrogens is 782 g/mol. The van der Waals surface area contributed by atoms with Crippen molar-refractivity contribution in [2.45, 2.75) is 6.18 Å². The van der Waals surface area contributed by atoms with Gasteiger partial charge in [-0.3, -0.25) is 0 Å². The van der Waals surface area contributed by atoms with Gasteiger partial charge in [-0.15, -0.1) is 0 Å². The van der Waals surface area contributed by atoms with Crippen LogP contribution in [-0.2, 0) is 6.18 Å². The number of hydrogen-bond acceptors (Lipinski definition) is 1. The van der Waals surface area contributed by atoms with Crippen LogP contribution in [0.15, 0.2) is 212 Å². The van der Waals surface area contributed by atoms with E-state index in [1.807, 2.05) is 42.5 Å². The molecule has 63 heavy (non-hydrogen) atoms. The van der Waals surface area contributed by atoms with E-state index in [1.165, 1.54) is 16.3 Å². The van der Waals surface area contributed by atoms with Crippen molar-refractivity contribution in [2.75, 3.05) is 0 Å². The lowest BCUT2D eigenvalue weighted by molar-refractivity contribution is -0.137. The summed E-state index contributed by atoms with van der Waals surface area (Å²) < 4.78 is 42.9. The van der Waals surface area contributed by atoms with Crippen molar-refractivity contribution < 1.29 is 13.2 Å². The number of aromatic nitrogens is 2. The largest absolute Gasteiger partial charge is 0.416 e. The van der Waals surface area contributed by atoms with E-state index < -0.39 is 11.7 Å². The van der Waals surface area contributed by atoms with Gasteiger partial charge in [0.15, 0.2) is 0 Å². The number of benzene rings is 10. The quantitative estimate of drug-likeness (QED) is 0.158. The summed E-state index contributed by atoms with van der Waals surface area (Å²) in [5.74, 6) is 0. The Labute approximate surface area is 360 Å². The highest BCUT2D eigenvalue weighted by Gasteiger charge is 2.30. The Hall–Kier alpha value is -8.02. The Morgan fingerprint density at radius 2 is 0.857 bits per heavy atom. The third-order valence-electron chi connectivity index (χ3n) is 12.6. The van der Waals surface area contributed by atoms with Crippen molar-refractivity contribution in [1.82, 2.24) is 9.55 Å². The number of fused-ring (bicyclic) bond motifs is 10. The number of pyridine rings is 1. The molecule has 0 spiro atoms. The van der Waals surface area contributed by atoms with Crippen LogP contribution in [-0.4, -0.2) is 9.55 Å². The van der Waals surface area contributed by atoms with E-state index in [2.05, 4.69) is 150 Å². The minimum absolute atomic E-state index is 0.659. The monoisotopic (exact) mass is 816 g/mol. The summed E-state index contributed by atoms with van der Waals surface area (Å²) in [6.45, 7) is 0. The van der Waals surface area contributed by atoms with E-state index in [0.29, 0.717) is 0 Å². The molecule has 0 radical (unpaired) electrons. The lowest BCUT2D eigenvalue weighted by Crippen LogP contribution is -2.03. The standard InChI is InChI=1S/C58H35F3N2/c59-58(60,61)42-26-22-36(23-27-42)40-24-28-48-49(30-40)46-19-9-10-20-47(46)50-34-53-52-31-41(45-21-11-17-37-12-7-8-18-44(37)45)25-29-56(52)63(57(53)35-51(48)50)43-32-54(38-13-3-1-4-14-38)62-55(33-43)39-15-5-2-6-16-39/h1-35H. The molecule has 0 amide bonds. The molecule has 12 aromatic rings. The van der Waals surface area contributed by atoms with E-state index in [9.17, 15) is 13.2 Å². The van der Waals surface area contributed by atoms with Crippen molar-refractivity contribution in [3.8, 4) is 50.5 Å². The Bertz CT molecular complexity index is 3690. The third-order valence-corrected chi connectivity index (χ3v) is 12.6. The smallest absolute Gasteiger partial charge is 0.309 e. The first-order valence-corrected chi connectivity index (χ1v) is 21.0. The maximum Gasteiger partial charge on any atom is 0.416 e. The molecule has 0 saturated carbocycles. The molecule has 2 aromatic heterocycles. The van der Waals surface area contributed by atoms with Gasteiger partial charge in [-0.25, -0.2) is 4.98 Å². The summed E-state index contributed by atoms with van der Waals surface area (Å²) in [5.41, 5.74) is 10.2. The normalized spacial score (nSPS) is 12.0. The van der Waals surface area contributed by atoms with Gasteiger partial charge >= 0.3 is 6.18 Å². The Kier molecular flexibility index (Phi) is 8.35. The molecule has 12 rings (SSSR count). The second-order valence-electron chi connectivity index (χ2n) is 16.2. The fourth-order valence-corrected chi connectivity index (χ4v) is 9.58. The van der Waals surface area contributed by atoms with E-state index in [0.717, 1.165) is 111 Å². The number of halogens is 3. The number of hydrogen-bond donors (Lipinski definition) is 0. The fourth-order valence-electron chi connectivity index (χ4n) is 9.58. The molecule has 0 bridgehead atoms. The maximum absolute atomic E-state index is 13.5. The van der Waals surface area contributed by atoms with Gasteiger partial charge in [0, 0.05) is 21.9 Å². The molecule has 0 aliphatic carbocycles. The van der Waals surface area contributed by atoms with Gasteiger partial charge in [0.1, 0.15) is 0 Å². The number of alkyl halides is 3. The van der Waals surface area contributed by atoms with E-state index in [-0.39, 0.29) is 0 Å². The highest BCUT2D eigenvalue weighted by Crippen LogP contribution is 2.44. The van der Waals surface area contributed by atoms with E-state index in [4.69, 9.17) is 4.98 Å². The first-order chi connectivity index (χ1) is 30.9. The van der Waals surface area contributed by atoms with Gasteiger partial charge in [-0.1, -0.05) is 158 Å². The van der Waals surface area contributed by atoms with Gasteiger partial charge in [0.05, 0.1) is 33.7 Å².